The summed E-state index contributed by atoms with van der Waals surface area (Å²) < 4.78 is 14.7. The number of ether oxygens (including phenoxy) is 2. The van der Waals surface area contributed by atoms with Gasteiger partial charge in [-0.1, -0.05) is 13.8 Å². The van der Waals surface area contributed by atoms with E-state index in [4.69, 9.17) is 9.47 Å². The minimum atomic E-state index is -0.0998. The summed E-state index contributed by atoms with van der Waals surface area (Å²) in [6.07, 6.45) is 16.4. The van der Waals surface area contributed by atoms with Crippen molar-refractivity contribution < 1.29 is 28.0 Å². The van der Waals surface area contributed by atoms with Crippen LogP contribution in [0.15, 0.2) is 0 Å². The summed E-state index contributed by atoms with van der Waals surface area (Å²) in [5.41, 5.74) is 0.377. The average Bonchev–Trinajstić information content (AvgIpc) is 3.21. The smallest absolute Gasteiger partial charge is 0.303 e. The largest absolute Gasteiger partial charge is 0.456 e. The number of carbonyl (C=O) groups excluding carboxylic acids is 2. The molecular weight excluding hydrogens is 512 g/mol. The van der Waals surface area contributed by atoms with Crippen LogP contribution in [-0.4, -0.2) is 85.5 Å². The first-order chi connectivity index (χ1) is 19.4. The lowest BCUT2D eigenvalue weighted by Crippen LogP contribution is -2.66. The number of nitrogens with zero attached hydrogens (tertiary/aromatic N) is 2. The van der Waals surface area contributed by atoms with Crippen LogP contribution in [0.5, 0.6) is 0 Å². The molecule has 232 valence electrons. The molecule has 2 saturated heterocycles. The van der Waals surface area contributed by atoms with Crippen molar-refractivity contribution in [2.45, 2.75) is 135 Å². The Morgan fingerprint density at radius 1 is 0.683 bits per heavy atom. The monoisotopic (exact) mass is 572 g/mol. The normalized spacial score (nSPS) is 46.9. The van der Waals surface area contributed by atoms with Crippen molar-refractivity contribution in [2.24, 2.45) is 34.5 Å². The van der Waals surface area contributed by atoms with Crippen LogP contribution in [-0.2, 0) is 19.1 Å². The molecule has 0 aromatic heterocycles. The van der Waals surface area contributed by atoms with E-state index in [9.17, 15) is 9.59 Å². The quantitative estimate of drug-likeness (QED) is 0.301. The van der Waals surface area contributed by atoms with Crippen LogP contribution < -0.4 is 0 Å². The van der Waals surface area contributed by atoms with Crippen molar-refractivity contribution in [2.75, 3.05) is 40.3 Å². The van der Waals surface area contributed by atoms with Crippen molar-refractivity contribution in [1.29, 1.82) is 0 Å². The van der Waals surface area contributed by atoms with Crippen LogP contribution in [0.25, 0.3) is 0 Å². The molecule has 2 aliphatic heterocycles. The zero-order valence-corrected chi connectivity index (χ0v) is 27.2. The van der Waals surface area contributed by atoms with Crippen molar-refractivity contribution >= 4 is 11.9 Å². The fourth-order valence-electron chi connectivity index (χ4n) is 12.3. The molecule has 6 aliphatic rings. The third kappa shape index (κ3) is 4.99. The van der Waals surface area contributed by atoms with E-state index in [2.05, 4.69) is 27.9 Å². The van der Waals surface area contributed by atoms with Gasteiger partial charge in [0.15, 0.2) is 12.2 Å². The van der Waals surface area contributed by atoms with Crippen molar-refractivity contribution in [3.63, 3.8) is 0 Å². The minimum Gasteiger partial charge on any atom is -0.456 e. The zero-order valence-electron chi connectivity index (χ0n) is 27.2. The van der Waals surface area contributed by atoms with E-state index in [-0.39, 0.29) is 29.6 Å². The fourth-order valence-corrected chi connectivity index (χ4v) is 12.3. The highest BCUT2D eigenvalue weighted by molar-refractivity contribution is 5.66. The standard InChI is InChI=1S/C35H60N2O4/c1-24(38)40-32-21-26-13-14-27-28(35(26,4)23-31(32)37(6)19-11-8-12-20-37)15-16-34(3)29(27)22-30(33(34)41-25(2)39)36(5)17-9-7-10-18-36/h26-33H,7-23H2,1-6H3/q+2/t26-,27+,28-,29-,30-,31-,32-,33+,34-,35-/m0/s1. The van der Waals surface area contributed by atoms with Gasteiger partial charge in [0.1, 0.15) is 12.1 Å². The van der Waals surface area contributed by atoms with Gasteiger partial charge in [0.05, 0.1) is 40.3 Å². The minimum absolute atomic E-state index is 0.0462. The van der Waals surface area contributed by atoms with Gasteiger partial charge in [0, 0.05) is 32.1 Å². The van der Waals surface area contributed by atoms with E-state index in [0.717, 1.165) is 21.3 Å². The SMILES string of the molecule is CC(=O)O[C@H]1C[C@@H]2CC[C@@H]3[C@H](CC[C@]4(C)[C@H](OC(C)=O)[C@@H]([N+]5(C)CCCCC5)C[C@@H]34)[C@@]2(C)C[C@@H]1[N+]1(C)CCCCC1. The van der Waals surface area contributed by atoms with Gasteiger partial charge in [-0.2, -0.15) is 0 Å². The Kier molecular flexibility index (Phi) is 7.87. The Morgan fingerprint density at radius 3 is 1.85 bits per heavy atom. The molecule has 4 aliphatic carbocycles. The van der Waals surface area contributed by atoms with Crippen LogP contribution in [0, 0.1) is 34.5 Å². The van der Waals surface area contributed by atoms with Crippen LogP contribution in [0.2, 0.25) is 0 Å². The number of rotatable bonds is 4. The van der Waals surface area contributed by atoms with Crippen LogP contribution >= 0.6 is 0 Å². The third-order valence-electron chi connectivity index (χ3n) is 14.5. The van der Waals surface area contributed by atoms with Gasteiger partial charge in [-0.15, -0.1) is 0 Å². The number of likely N-dealkylation sites (N-methyl/N-ethyl adjacent to an activating group) is 2. The summed E-state index contributed by atoms with van der Waals surface area (Å²) in [6, 6.07) is 0.846. The summed E-state index contributed by atoms with van der Waals surface area (Å²) >= 11 is 0. The summed E-state index contributed by atoms with van der Waals surface area (Å²) in [4.78, 5) is 24.8. The van der Waals surface area contributed by atoms with E-state index in [1.807, 2.05) is 0 Å². The highest BCUT2D eigenvalue weighted by Gasteiger charge is 2.68. The first-order valence-electron chi connectivity index (χ1n) is 17.4. The molecule has 0 unspecified atom stereocenters. The Balaban J connectivity index is 1.31. The van der Waals surface area contributed by atoms with Crippen LogP contribution in [0.1, 0.15) is 111 Å². The molecule has 41 heavy (non-hydrogen) atoms. The molecule has 0 N–H and O–H groups in total. The molecule has 6 rings (SSSR count). The van der Waals surface area contributed by atoms with Gasteiger partial charge < -0.3 is 18.4 Å². The predicted molar refractivity (Wildman–Crippen MR) is 161 cm³/mol. The fraction of sp³-hybridized carbons (Fsp3) is 0.943. The Morgan fingerprint density at radius 2 is 1.27 bits per heavy atom. The Bertz CT molecular complexity index is 1000. The molecule has 6 nitrogen and oxygen atoms in total. The maximum atomic E-state index is 12.5. The van der Waals surface area contributed by atoms with E-state index in [1.165, 1.54) is 103 Å². The number of esters is 2. The van der Waals surface area contributed by atoms with Crippen LogP contribution in [0.3, 0.4) is 0 Å². The lowest BCUT2D eigenvalue weighted by Gasteiger charge is -2.63. The van der Waals surface area contributed by atoms with Gasteiger partial charge in [-0.05, 0) is 99.7 Å². The Hall–Kier alpha value is -1.14. The van der Waals surface area contributed by atoms with Gasteiger partial charge in [-0.25, -0.2) is 0 Å². The second-order valence-corrected chi connectivity index (χ2v) is 16.7. The van der Waals surface area contributed by atoms with Gasteiger partial charge in [-0.3, -0.25) is 9.59 Å². The molecule has 0 spiro atoms. The highest BCUT2D eigenvalue weighted by Crippen LogP contribution is 2.68. The van der Waals surface area contributed by atoms with Crippen molar-refractivity contribution in [1.82, 2.24) is 0 Å². The van der Waals surface area contributed by atoms with E-state index in [1.54, 1.807) is 13.8 Å². The van der Waals surface area contributed by atoms with Crippen molar-refractivity contribution in [3.8, 4) is 0 Å². The van der Waals surface area contributed by atoms with E-state index >= 15 is 0 Å². The number of piperidine rings is 2. The lowest BCUT2D eigenvalue weighted by molar-refractivity contribution is -0.943. The molecule has 0 aromatic rings. The predicted octanol–water partition coefficient (Wildman–Crippen LogP) is 6.11. The first kappa shape index (κ1) is 29.9. The molecule has 4 saturated carbocycles. The molecule has 2 heterocycles. The molecule has 0 radical (unpaired) electrons. The summed E-state index contributed by atoms with van der Waals surface area (Å²) in [5.74, 6) is 2.52. The second kappa shape index (κ2) is 10.8. The van der Waals surface area contributed by atoms with Crippen LogP contribution in [0.4, 0.5) is 0 Å². The van der Waals surface area contributed by atoms with Gasteiger partial charge in [0.2, 0.25) is 0 Å². The van der Waals surface area contributed by atoms with Gasteiger partial charge >= 0.3 is 11.9 Å². The number of fused-ring (bicyclic) bond motifs is 5. The van der Waals surface area contributed by atoms with Gasteiger partial charge in [0.25, 0.3) is 0 Å². The summed E-state index contributed by atoms with van der Waals surface area (Å²) in [6.45, 7) is 13.3. The average molecular weight is 573 g/mol. The van der Waals surface area contributed by atoms with E-state index < -0.39 is 0 Å². The zero-order chi connectivity index (χ0) is 29.2. The molecule has 0 amide bonds. The summed E-state index contributed by atoms with van der Waals surface area (Å²) in [5, 5.41) is 0. The number of likely N-dealkylation sites (tertiary alicyclic amines) is 2. The number of quaternary nitrogens is 2. The topological polar surface area (TPSA) is 52.6 Å². The molecule has 6 fully saturated rings. The third-order valence-corrected chi connectivity index (χ3v) is 14.5. The first-order valence-corrected chi connectivity index (χ1v) is 17.4. The molecule has 0 aromatic carbocycles. The number of carbonyl (C=O) groups is 2. The highest BCUT2D eigenvalue weighted by atomic mass is 16.5. The lowest BCUT2D eigenvalue weighted by atomic mass is 9.44. The number of hydrogen-bond donors (Lipinski definition) is 0. The molecule has 0 bridgehead atoms. The molecule has 10 atom stereocenters. The van der Waals surface area contributed by atoms with E-state index in [0.29, 0.717) is 35.3 Å². The molecule has 6 heteroatoms. The van der Waals surface area contributed by atoms with Crippen molar-refractivity contribution in [3.05, 3.63) is 0 Å². The second-order valence-electron chi connectivity index (χ2n) is 16.7. The summed E-state index contributed by atoms with van der Waals surface area (Å²) in [7, 11) is 4.94. The maximum absolute atomic E-state index is 12.5. The number of hydrogen-bond acceptors (Lipinski definition) is 4. The maximum Gasteiger partial charge on any atom is 0.303 e. The molecular formula is C35H60N2O4+2. The Labute approximate surface area is 250 Å².